The molecule has 1 heterocycles. The van der Waals surface area contributed by atoms with Crippen LogP contribution in [-0.2, 0) is 11.3 Å². The molecule has 0 bridgehead atoms. The van der Waals surface area contributed by atoms with Gasteiger partial charge < -0.3 is 11.1 Å². The fourth-order valence-electron chi connectivity index (χ4n) is 2.66. The Bertz CT molecular complexity index is 436. The maximum atomic E-state index is 11.6. The van der Waals surface area contributed by atoms with Crippen LogP contribution in [0.2, 0.25) is 0 Å². The van der Waals surface area contributed by atoms with Crippen molar-refractivity contribution in [3.63, 3.8) is 0 Å². The molecule has 0 atom stereocenters. The minimum Gasteiger partial charge on any atom is -0.330 e. The number of carbonyl (C=O) groups excluding carboxylic acids is 1. The van der Waals surface area contributed by atoms with E-state index in [0.717, 1.165) is 24.6 Å². The number of hydrogen-bond donors (Lipinski definition) is 2. The number of anilines is 1. The van der Waals surface area contributed by atoms with Crippen LogP contribution in [0.15, 0.2) is 24.3 Å². The van der Waals surface area contributed by atoms with Crippen LogP contribution in [0.5, 0.6) is 0 Å². The Morgan fingerprint density at radius 2 is 1.95 bits per heavy atom. The minimum atomic E-state index is 0.0400. The molecule has 1 saturated heterocycles. The van der Waals surface area contributed by atoms with Crippen molar-refractivity contribution in [1.29, 1.82) is 0 Å². The number of amides is 1. The number of nitrogens with two attached hydrogens (primary N) is 1. The SMILES string of the molecule is CC1CCN(Cc2ccc(NC(=O)CCCN)cc2)CC1. The fraction of sp³-hybridized carbons (Fsp3) is 0.588. The van der Waals surface area contributed by atoms with Crippen LogP contribution >= 0.6 is 0 Å². The Morgan fingerprint density at radius 1 is 1.29 bits per heavy atom. The van der Waals surface area contributed by atoms with Gasteiger partial charge in [-0.2, -0.15) is 0 Å². The molecule has 1 fully saturated rings. The normalized spacial score (nSPS) is 16.9. The molecule has 0 aromatic heterocycles. The minimum absolute atomic E-state index is 0.0400. The topological polar surface area (TPSA) is 58.4 Å². The lowest BCUT2D eigenvalue weighted by atomic mass is 9.99. The number of likely N-dealkylation sites (tertiary alicyclic amines) is 1. The molecule has 0 saturated carbocycles. The molecular weight excluding hydrogens is 262 g/mol. The van der Waals surface area contributed by atoms with Crippen LogP contribution in [0.25, 0.3) is 0 Å². The number of benzene rings is 1. The molecule has 1 amide bonds. The molecule has 1 aliphatic heterocycles. The van der Waals surface area contributed by atoms with E-state index in [2.05, 4.69) is 29.3 Å². The Morgan fingerprint density at radius 3 is 2.57 bits per heavy atom. The Kier molecular flexibility index (Phi) is 6.21. The maximum absolute atomic E-state index is 11.6. The first-order valence-corrected chi connectivity index (χ1v) is 7.98. The molecule has 0 spiro atoms. The van der Waals surface area contributed by atoms with Crippen LogP contribution < -0.4 is 11.1 Å². The number of rotatable bonds is 6. The van der Waals surface area contributed by atoms with Gasteiger partial charge in [-0.25, -0.2) is 0 Å². The molecule has 0 radical (unpaired) electrons. The smallest absolute Gasteiger partial charge is 0.224 e. The molecule has 0 unspecified atom stereocenters. The van der Waals surface area contributed by atoms with Crippen molar-refractivity contribution in [2.75, 3.05) is 25.0 Å². The standard InChI is InChI=1S/C17H27N3O/c1-14-8-11-20(12-9-14)13-15-4-6-16(7-5-15)19-17(21)3-2-10-18/h4-7,14H,2-3,8-13,18H2,1H3,(H,19,21). The van der Waals surface area contributed by atoms with Gasteiger partial charge in [-0.05, 0) is 62.5 Å². The third kappa shape index (κ3) is 5.48. The summed E-state index contributed by atoms with van der Waals surface area (Å²) in [4.78, 5) is 14.1. The van der Waals surface area contributed by atoms with Gasteiger partial charge in [-0.15, -0.1) is 0 Å². The Labute approximate surface area is 127 Å². The molecule has 116 valence electrons. The van der Waals surface area contributed by atoms with E-state index in [-0.39, 0.29) is 5.91 Å². The number of nitrogens with one attached hydrogen (secondary N) is 1. The lowest BCUT2D eigenvalue weighted by Gasteiger charge is -2.30. The molecule has 1 aromatic rings. The van der Waals surface area contributed by atoms with Crippen molar-refractivity contribution in [3.05, 3.63) is 29.8 Å². The van der Waals surface area contributed by atoms with Gasteiger partial charge in [0.15, 0.2) is 0 Å². The maximum Gasteiger partial charge on any atom is 0.224 e. The third-order valence-corrected chi connectivity index (χ3v) is 4.13. The first-order chi connectivity index (χ1) is 10.2. The molecule has 0 aliphatic carbocycles. The molecule has 21 heavy (non-hydrogen) atoms. The second-order valence-corrected chi connectivity index (χ2v) is 6.10. The van der Waals surface area contributed by atoms with Crippen LogP contribution in [0.4, 0.5) is 5.69 Å². The molecule has 4 heteroatoms. The van der Waals surface area contributed by atoms with Crippen LogP contribution in [0.3, 0.4) is 0 Å². The summed E-state index contributed by atoms with van der Waals surface area (Å²) in [5.74, 6) is 0.908. The summed E-state index contributed by atoms with van der Waals surface area (Å²) < 4.78 is 0. The summed E-state index contributed by atoms with van der Waals surface area (Å²) >= 11 is 0. The zero-order valence-corrected chi connectivity index (χ0v) is 13.0. The van der Waals surface area contributed by atoms with E-state index in [9.17, 15) is 4.79 Å². The fourth-order valence-corrected chi connectivity index (χ4v) is 2.66. The second-order valence-electron chi connectivity index (χ2n) is 6.10. The predicted molar refractivity (Wildman–Crippen MR) is 87.0 cm³/mol. The summed E-state index contributed by atoms with van der Waals surface area (Å²) in [6.07, 6.45) is 3.83. The highest BCUT2D eigenvalue weighted by molar-refractivity contribution is 5.90. The first kappa shape index (κ1) is 16.0. The van der Waals surface area contributed by atoms with Gasteiger partial charge in [-0.1, -0.05) is 19.1 Å². The molecule has 4 nitrogen and oxygen atoms in total. The molecular formula is C17H27N3O. The van der Waals surface area contributed by atoms with Crippen LogP contribution in [0.1, 0.15) is 38.2 Å². The van der Waals surface area contributed by atoms with Crippen molar-refractivity contribution >= 4 is 11.6 Å². The summed E-state index contributed by atoms with van der Waals surface area (Å²) in [6, 6.07) is 8.19. The number of hydrogen-bond acceptors (Lipinski definition) is 3. The van der Waals surface area contributed by atoms with Gasteiger partial charge in [-0.3, -0.25) is 9.69 Å². The molecule has 1 aromatic carbocycles. The zero-order valence-electron chi connectivity index (χ0n) is 13.0. The van der Waals surface area contributed by atoms with Gasteiger partial charge in [0.25, 0.3) is 0 Å². The van der Waals surface area contributed by atoms with E-state index in [1.807, 2.05) is 12.1 Å². The summed E-state index contributed by atoms with van der Waals surface area (Å²) in [6.45, 7) is 6.28. The quantitative estimate of drug-likeness (QED) is 0.846. The lowest BCUT2D eigenvalue weighted by Crippen LogP contribution is -2.32. The number of piperidine rings is 1. The van der Waals surface area contributed by atoms with Crippen molar-refractivity contribution in [3.8, 4) is 0 Å². The van der Waals surface area contributed by atoms with Crippen LogP contribution in [0, 0.1) is 5.92 Å². The average Bonchev–Trinajstić information content (AvgIpc) is 2.49. The van der Waals surface area contributed by atoms with Crippen molar-refractivity contribution in [2.24, 2.45) is 11.7 Å². The van der Waals surface area contributed by atoms with E-state index in [4.69, 9.17) is 5.73 Å². The summed E-state index contributed by atoms with van der Waals surface area (Å²) in [7, 11) is 0. The van der Waals surface area contributed by atoms with E-state index in [1.54, 1.807) is 0 Å². The van der Waals surface area contributed by atoms with Crippen molar-refractivity contribution in [2.45, 2.75) is 39.2 Å². The van der Waals surface area contributed by atoms with Gasteiger partial charge in [0, 0.05) is 18.7 Å². The highest BCUT2D eigenvalue weighted by Crippen LogP contribution is 2.19. The van der Waals surface area contributed by atoms with Crippen LogP contribution in [-0.4, -0.2) is 30.4 Å². The van der Waals surface area contributed by atoms with Gasteiger partial charge in [0.05, 0.1) is 0 Å². The monoisotopic (exact) mass is 289 g/mol. The Balaban J connectivity index is 1.80. The average molecular weight is 289 g/mol. The van der Waals surface area contributed by atoms with E-state index in [1.165, 1.54) is 31.5 Å². The molecule has 2 rings (SSSR count). The first-order valence-electron chi connectivity index (χ1n) is 7.98. The van der Waals surface area contributed by atoms with Gasteiger partial charge in [0.2, 0.25) is 5.91 Å². The summed E-state index contributed by atoms with van der Waals surface area (Å²) in [5.41, 5.74) is 7.58. The van der Waals surface area contributed by atoms with Crippen molar-refractivity contribution < 1.29 is 4.79 Å². The van der Waals surface area contributed by atoms with E-state index >= 15 is 0 Å². The number of nitrogens with zero attached hydrogens (tertiary/aromatic N) is 1. The Hall–Kier alpha value is -1.39. The molecule has 3 N–H and O–H groups in total. The second kappa shape index (κ2) is 8.15. The van der Waals surface area contributed by atoms with E-state index < -0.39 is 0 Å². The highest BCUT2D eigenvalue weighted by Gasteiger charge is 2.15. The number of carbonyl (C=O) groups is 1. The largest absolute Gasteiger partial charge is 0.330 e. The lowest BCUT2D eigenvalue weighted by molar-refractivity contribution is -0.116. The predicted octanol–water partition coefficient (Wildman–Crippen LogP) is 2.60. The zero-order chi connectivity index (χ0) is 15.1. The van der Waals surface area contributed by atoms with Gasteiger partial charge in [0.1, 0.15) is 0 Å². The third-order valence-electron chi connectivity index (χ3n) is 4.13. The molecule has 1 aliphatic rings. The van der Waals surface area contributed by atoms with Gasteiger partial charge >= 0.3 is 0 Å². The van der Waals surface area contributed by atoms with Crippen molar-refractivity contribution in [1.82, 2.24) is 4.90 Å². The van der Waals surface area contributed by atoms with E-state index in [0.29, 0.717) is 13.0 Å². The highest BCUT2D eigenvalue weighted by atomic mass is 16.1. The summed E-state index contributed by atoms with van der Waals surface area (Å²) in [5, 5.41) is 2.91.